The molecule has 2 aliphatic rings. The molecule has 2 fully saturated rings. The van der Waals surface area contributed by atoms with Crippen molar-refractivity contribution in [2.45, 2.75) is 57.6 Å². The number of benzene rings is 1. The molecule has 2 atom stereocenters. The van der Waals surface area contributed by atoms with Crippen LogP contribution in [0.2, 0.25) is 0 Å². The maximum atomic E-state index is 12.5. The summed E-state index contributed by atoms with van der Waals surface area (Å²) in [5.41, 5.74) is 0.888. The van der Waals surface area contributed by atoms with E-state index >= 15 is 0 Å². The first kappa shape index (κ1) is 15.9. The number of nitrogens with zero attached hydrogens (tertiary/aromatic N) is 1. The lowest BCUT2D eigenvalue weighted by Crippen LogP contribution is -2.40. The summed E-state index contributed by atoms with van der Waals surface area (Å²) in [6, 6.07) is 8.75. The number of ether oxygens (including phenoxy) is 1. The molecule has 3 rings (SSSR count). The smallest absolute Gasteiger partial charge is 0.410 e. The first-order chi connectivity index (χ1) is 10.3. The summed E-state index contributed by atoms with van der Waals surface area (Å²) in [4.78, 5) is 14.5. The first-order valence-corrected chi connectivity index (χ1v) is 8.88. The van der Waals surface area contributed by atoms with Gasteiger partial charge in [-0.2, -0.15) is 0 Å². The Balaban J connectivity index is 1.68. The fraction of sp³-hybridized carbons (Fsp3) is 0.611. The summed E-state index contributed by atoms with van der Waals surface area (Å²) < 4.78 is 6.71. The van der Waals surface area contributed by atoms with Crippen molar-refractivity contribution in [3.05, 3.63) is 34.3 Å². The lowest BCUT2D eigenvalue weighted by Gasteiger charge is -2.28. The van der Waals surface area contributed by atoms with Crippen molar-refractivity contribution in [1.82, 2.24) is 4.90 Å². The standard InChI is InChI=1S/C18H24BrNO2/c1-18(2,3)22-17(21)20(11-12-4-5-12)16-10-15(16)13-6-8-14(19)9-7-13/h6-9,12,15-16H,4-5,10-11H2,1-3H3. The molecule has 0 aliphatic heterocycles. The number of hydrogen-bond acceptors (Lipinski definition) is 2. The molecular weight excluding hydrogens is 342 g/mol. The predicted molar refractivity (Wildman–Crippen MR) is 91.0 cm³/mol. The van der Waals surface area contributed by atoms with Crippen LogP contribution < -0.4 is 0 Å². The van der Waals surface area contributed by atoms with Crippen LogP contribution in [0.4, 0.5) is 4.79 Å². The van der Waals surface area contributed by atoms with Crippen molar-refractivity contribution in [1.29, 1.82) is 0 Å². The van der Waals surface area contributed by atoms with Crippen molar-refractivity contribution >= 4 is 22.0 Å². The fourth-order valence-corrected chi connectivity index (χ4v) is 3.10. The Kier molecular flexibility index (Phi) is 4.23. The van der Waals surface area contributed by atoms with E-state index in [1.807, 2.05) is 25.7 Å². The Hall–Kier alpha value is -1.03. The van der Waals surface area contributed by atoms with Gasteiger partial charge in [-0.1, -0.05) is 28.1 Å². The van der Waals surface area contributed by atoms with E-state index in [1.54, 1.807) is 0 Å². The third kappa shape index (κ3) is 4.03. The normalized spacial score (nSPS) is 24.0. The molecule has 2 aliphatic carbocycles. The van der Waals surface area contributed by atoms with Crippen molar-refractivity contribution in [3.8, 4) is 0 Å². The summed E-state index contributed by atoms with van der Waals surface area (Å²) in [5, 5.41) is 0. The minimum absolute atomic E-state index is 0.149. The van der Waals surface area contributed by atoms with Crippen LogP contribution in [0.25, 0.3) is 0 Å². The number of carbonyl (C=O) groups excluding carboxylic acids is 1. The van der Waals surface area contributed by atoms with Crippen molar-refractivity contribution in [2.75, 3.05) is 6.54 Å². The fourth-order valence-electron chi connectivity index (χ4n) is 2.84. The second-order valence-electron chi connectivity index (χ2n) is 7.54. The van der Waals surface area contributed by atoms with E-state index in [1.165, 1.54) is 18.4 Å². The molecule has 2 saturated carbocycles. The van der Waals surface area contributed by atoms with Gasteiger partial charge >= 0.3 is 6.09 Å². The molecule has 1 amide bonds. The minimum Gasteiger partial charge on any atom is -0.444 e. The largest absolute Gasteiger partial charge is 0.444 e. The van der Waals surface area contributed by atoms with Gasteiger partial charge in [0.05, 0.1) is 0 Å². The Labute approximate surface area is 141 Å². The molecular formula is C18H24BrNO2. The zero-order valence-electron chi connectivity index (χ0n) is 13.5. The zero-order valence-corrected chi connectivity index (χ0v) is 15.1. The zero-order chi connectivity index (χ0) is 15.9. The van der Waals surface area contributed by atoms with E-state index in [0.29, 0.717) is 17.9 Å². The van der Waals surface area contributed by atoms with Crippen LogP contribution in [0.1, 0.15) is 51.5 Å². The van der Waals surface area contributed by atoms with E-state index in [-0.39, 0.29) is 6.09 Å². The van der Waals surface area contributed by atoms with Gasteiger partial charge in [0, 0.05) is 23.0 Å². The van der Waals surface area contributed by atoms with Gasteiger partial charge in [-0.3, -0.25) is 0 Å². The molecule has 0 bridgehead atoms. The van der Waals surface area contributed by atoms with Crippen LogP contribution >= 0.6 is 15.9 Å². The van der Waals surface area contributed by atoms with Crippen LogP contribution in [-0.4, -0.2) is 29.2 Å². The Bertz CT molecular complexity index is 545. The Morgan fingerprint density at radius 2 is 1.91 bits per heavy atom. The molecule has 0 spiro atoms. The number of halogens is 1. The van der Waals surface area contributed by atoms with Crippen LogP contribution in [0.5, 0.6) is 0 Å². The van der Waals surface area contributed by atoms with E-state index < -0.39 is 5.60 Å². The van der Waals surface area contributed by atoms with Gasteiger partial charge in [0.2, 0.25) is 0 Å². The topological polar surface area (TPSA) is 29.5 Å². The minimum atomic E-state index is -0.430. The maximum Gasteiger partial charge on any atom is 0.410 e. The molecule has 0 saturated heterocycles. The molecule has 1 aromatic carbocycles. The van der Waals surface area contributed by atoms with Crippen molar-refractivity contribution in [2.24, 2.45) is 5.92 Å². The van der Waals surface area contributed by atoms with E-state index in [4.69, 9.17) is 4.74 Å². The first-order valence-electron chi connectivity index (χ1n) is 8.08. The van der Waals surface area contributed by atoms with Gasteiger partial charge < -0.3 is 9.64 Å². The Morgan fingerprint density at radius 1 is 1.27 bits per heavy atom. The molecule has 2 unspecified atom stereocenters. The molecule has 0 heterocycles. The summed E-state index contributed by atoms with van der Waals surface area (Å²) in [6.07, 6.45) is 3.39. The van der Waals surface area contributed by atoms with E-state index in [0.717, 1.165) is 17.4 Å². The molecule has 120 valence electrons. The lowest BCUT2D eigenvalue weighted by atomic mass is 10.1. The quantitative estimate of drug-likeness (QED) is 0.754. The summed E-state index contributed by atoms with van der Waals surface area (Å²) >= 11 is 3.47. The summed E-state index contributed by atoms with van der Waals surface area (Å²) in [5.74, 6) is 1.14. The second kappa shape index (κ2) is 5.88. The molecule has 1 aromatic rings. The van der Waals surface area contributed by atoms with Crippen molar-refractivity contribution in [3.63, 3.8) is 0 Å². The molecule has 3 nitrogen and oxygen atoms in total. The lowest BCUT2D eigenvalue weighted by molar-refractivity contribution is 0.0220. The second-order valence-corrected chi connectivity index (χ2v) is 8.45. The number of rotatable bonds is 4. The van der Waals surface area contributed by atoms with Gasteiger partial charge in [-0.25, -0.2) is 4.79 Å². The predicted octanol–water partition coefficient (Wildman–Crippen LogP) is 4.95. The molecule has 0 aromatic heterocycles. The SMILES string of the molecule is CC(C)(C)OC(=O)N(CC1CC1)C1CC1c1ccc(Br)cc1. The summed E-state index contributed by atoms with van der Waals surface area (Å²) in [6.45, 7) is 6.64. The number of amides is 1. The van der Waals surface area contributed by atoms with Crippen LogP contribution in [-0.2, 0) is 4.74 Å². The molecule has 22 heavy (non-hydrogen) atoms. The van der Waals surface area contributed by atoms with Gasteiger partial charge in [-0.05, 0) is 63.6 Å². The average Bonchev–Trinajstić information content (AvgIpc) is 3.29. The highest BCUT2D eigenvalue weighted by Gasteiger charge is 2.47. The third-order valence-electron chi connectivity index (χ3n) is 4.24. The van der Waals surface area contributed by atoms with Crippen LogP contribution in [0.3, 0.4) is 0 Å². The molecule has 0 radical (unpaired) electrons. The van der Waals surface area contributed by atoms with E-state index in [9.17, 15) is 4.79 Å². The molecule has 4 heteroatoms. The molecule has 0 N–H and O–H groups in total. The Morgan fingerprint density at radius 3 is 2.45 bits per heavy atom. The van der Waals surface area contributed by atoms with E-state index in [2.05, 4.69) is 40.2 Å². The highest BCUT2D eigenvalue weighted by atomic mass is 79.9. The van der Waals surface area contributed by atoms with Gasteiger partial charge in [-0.15, -0.1) is 0 Å². The highest BCUT2D eigenvalue weighted by Crippen LogP contribution is 2.46. The monoisotopic (exact) mass is 365 g/mol. The number of hydrogen-bond donors (Lipinski definition) is 0. The van der Waals surface area contributed by atoms with Gasteiger partial charge in [0.25, 0.3) is 0 Å². The van der Waals surface area contributed by atoms with Crippen molar-refractivity contribution < 1.29 is 9.53 Å². The third-order valence-corrected chi connectivity index (χ3v) is 4.76. The van der Waals surface area contributed by atoms with Crippen LogP contribution in [0.15, 0.2) is 28.7 Å². The maximum absolute atomic E-state index is 12.5. The van der Waals surface area contributed by atoms with Gasteiger partial charge in [0.1, 0.15) is 5.60 Å². The average molecular weight is 366 g/mol. The summed E-state index contributed by atoms with van der Waals surface area (Å²) in [7, 11) is 0. The number of carbonyl (C=O) groups is 1. The van der Waals surface area contributed by atoms with Gasteiger partial charge in [0.15, 0.2) is 0 Å². The highest BCUT2D eigenvalue weighted by molar-refractivity contribution is 9.10. The van der Waals surface area contributed by atoms with Crippen LogP contribution in [0, 0.1) is 5.92 Å².